The number of aromatic amines is 1. The third kappa shape index (κ3) is 2.56. The molecule has 0 aliphatic carbocycles. The molecular formula is C9H5ClF2N4O. The van der Waals surface area contributed by atoms with Crippen LogP contribution in [0.25, 0.3) is 0 Å². The van der Waals surface area contributed by atoms with Gasteiger partial charge in [0.05, 0.1) is 11.9 Å². The third-order valence-electron chi connectivity index (χ3n) is 1.82. The van der Waals surface area contributed by atoms with E-state index in [-0.39, 0.29) is 5.15 Å². The average Bonchev–Trinajstić information content (AvgIpc) is 2.63. The molecule has 1 amide bonds. The molecule has 0 atom stereocenters. The van der Waals surface area contributed by atoms with E-state index in [4.69, 9.17) is 11.6 Å². The van der Waals surface area contributed by atoms with Crippen molar-refractivity contribution in [2.24, 2.45) is 0 Å². The fourth-order valence-electron chi connectivity index (χ4n) is 1.08. The second kappa shape index (κ2) is 4.46. The zero-order valence-electron chi connectivity index (χ0n) is 8.17. The van der Waals surface area contributed by atoms with Crippen LogP contribution >= 0.6 is 11.6 Å². The number of nitrogens with zero attached hydrogens (tertiary/aromatic N) is 2. The Morgan fingerprint density at radius 2 is 2.18 bits per heavy atom. The van der Waals surface area contributed by atoms with Gasteiger partial charge in [0.15, 0.2) is 0 Å². The smallest absolute Gasteiger partial charge is 0.291 e. The van der Waals surface area contributed by atoms with Crippen LogP contribution in [0, 0.1) is 11.9 Å². The lowest BCUT2D eigenvalue weighted by molar-refractivity contribution is 0.101. The zero-order valence-corrected chi connectivity index (χ0v) is 8.92. The Kier molecular flexibility index (Phi) is 3.01. The van der Waals surface area contributed by atoms with Crippen LogP contribution in [-0.2, 0) is 0 Å². The van der Waals surface area contributed by atoms with Gasteiger partial charge in [-0.05, 0) is 12.1 Å². The van der Waals surface area contributed by atoms with E-state index in [1.165, 1.54) is 18.3 Å². The van der Waals surface area contributed by atoms with Gasteiger partial charge in [0.1, 0.15) is 5.15 Å². The summed E-state index contributed by atoms with van der Waals surface area (Å²) >= 11 is 5.55. The second-order valence-corrected chi connectivity index (χ2v) is 3.40. The summed E-state index contributed by atoms with van der Waals surface area (Å²) in [5.41, 5.74) is 0.330. The van der Waals surface area contributed by atoms with Crippen LogP contribution < -0.4 is 5.32 Å². The lowest BCUT2D eigenvalue weighted by Gasteiger charge is -2.01. The van der Waals surface area contributed by atoms with Crippen molar-refractivity contribution in [3.63, 3.8) is 0 Å². The van der Waals surface area contributed by atoms with Crippen LogP contribution in [0.1, 0.15) is 10.6 Å². The highest BCUT2D eigenvalue weighted by molar-refractivity contribution is 6.29. The largest absolute Gasteiger partial charge is 0.318 e. The maximum atomic E-state index is 12.6. The van der Waals surface area contributed by atoms with E-state index in [0.717, 1.165) is 0 Å². The third-order valence-corrected chi connectivity index (χ3v) is 2.04. The average molecular weight is 259 g/mol. The molecule has 8 heteroatoms. The van der Waals surface area contributed by atoms with Gasteiger partial charge in [-0.2, -0.15) is 13.8 Å². The molecule has 2 N–H and O–H groups in total. The first-order valence-corrected chi connectivity index (χ1v) is 4.78. The zero-order chi connectivity index (χ0) is 12.4. The van der Waals surface area contributed by atoms with E-state index in [2.05, 4.69) is 15.3 Å². The van der Waals surface area contributed by atoms with Gasteiger partial charge >= 0.3 is 0 Å². The summed E-state index contributed by atoms with van der Waals surface area (Å²) in [4.78, 5) is 20.1. The molecule has 0 radical (unpaired) electrons. The van der Waals surface area contributed by atoms with Gasteiger partial charge in [-0.1, -0.05) is 11.6 Å². The fraction of sp³-hybridized carbons (Fsp3) is 0. The first-order valence-electron chi connectivity index (χ1n) is 4.40. The quantitative estimate of drug-likeness (QED) is 0.809. The van der Waals surface area contributed by atoms with E-state index in [1.54, 1.807) is 0 Å². The molecule has 88 valence electrons. The number of imidazole rings is 1. The Labute approximate surface area is 98.8 Å². The van der Waals surface area contributed by atoms with Crippen molar-refractivity contribution < 1.29 is 13.6 Å². The number of anilines is 1. The predicted octanol–water partition coefficient (Wildman–Crippen LogP) is 1.99. The van der Waals surface area contributed by atoms with Crippen molar-refractivity contribution in [1.29, 1.82) is 0 Å². The Bertz CT molecular complexity index is 535. The molecule has 2 heterocycles. The van der Waals surface area contributed by atoms with Crippen molar-refractivity contribution in [2.45, 2.75) is 0 Å². The van der Waals surface area contributed by atoms with Crippen molar-refractivity contribution in [3.8, 4) is 0 Å². The predicted molar refractivity (Wildman–Crippen MR) is 55.7 cm³/mol. The second-order valence-electron chi connectivity index (χ2n) is 3.01. The molecule has 0 saturated carbocycles. The maximum Gasteiger partial charge on any atom is 0.291 e. The van der Waals surface area contributed by atoms with E-state index < -0.39 is 23.6 Å². The molecule has 17 heavy (non-hydrogen) atoms. The Hall–Kier alpha value is -2.02. The number of H-pyrrole nitrogens is 1. The minimum absolute atomic E-state index is 0.262. The summed E-state index contributed by atoms with van der Waals surface area (Å²) in [5.74, 6) is -3.89. The summed E-state index contributed by atoms with van der Waals surface area (Å²) in [6.45, 7) is 0. The van der Waals surface area contributed by atoms with E-state index in [0.29, 0.717) is 5.69 Å². The summed E-state index contributed by atoms with van der Waals surface area (Å²) in [6.07, 6.45) is 1.30. The van der Waals surface area contributed by atoms with Crippen molar-refractivity contribution >= 4 is 23.2 Å². The van der Waals surface area contributed by atoms with Crippen molar-refractivity contribution in [1.82, 2.24) is 15.0 Å². The molecule has 0 aliphatic rings. The van der Waals surface area contributed by atoms with Gasteiger partial charge in [-0.3, -0.25) is 4.79 Å². The number of nitrogens with one attached hydrogen (secondary N) is 2. The topological polar surface area (TPSA) is 70.7 Å². The number of amides is 1. The number of halogens is 3. The maximum absolute atomic E-state index is 12.6. The van der Waals surface area contributed by atoms with Crippen LogP contribution in [-0.4, -0.2) is 20.9 Å². The minimum atomic E-state index is -1.36. The van der Waals surface area contributed by atoms with Crippen LogP contribution in [0.5, 0.6) is 0 Å². The van der Waals surface area contributed by atoms with Crippen molar-refractivity contribution in [3.05, 3.63) is 41.2 Å². The SMILES string of the molecule is O=C(Nc1ccc(Cl)nc1)c1nc(F)c(F)[nH]1. The number of hydrogen-bond donors (Lipinski definition) is 2. The summed E-state index contributed by atoms with van der Waals surface area (Å²) < 4.78 is 25.2. The Morgan fingerprint density at radius 1 is 1.41 bits per heavy atom. The van der Waals surface area contributed by atoms with Gasteiger partial charge in [0.25, 0.3) is 11.9 Å². The first-order chi connectivity index (χ1) is 8.06. The van der Waals surface area contributed by atoms with Crippen molar-refractivity contribution in [2.75, 3.05) is 5.32 Å². The van der Waals surface area contributed by atoms with E-state index in [1.807, 2.05) is 4.98 Å². The molecule has 0 saturated heterocycles. The number of hydrogen-bond acceptors (Lipinski definition) is 3. The van der Waals surface area contributed by atoms with Crippen LogP contribution in [0.2, 0.25) is 5.15 Å². The van der Waals surface area contributed by atoms with E-state index >= 15 is 0 Å². The molecule has 5 nitrogen and oxygen atoms in total. The van der Waals surface area contributed by atoms with Crippen LogP contribution in [0.4, 0.5) is 14.5 Å². The highest BCUT2D eigenvalue weighted by Gasteiger charge is 2.15. The number of aromatic nitrogens is 3. The van der Waals surface area contributed by atoms with Crippen LogP contribution in [0.15, 0.2) is 18.3 Å². The van der Waals surface area contributed by atoms with Gasteiger partial charge in [-0.25, -0.2) is 4.98 Å². The monoisotopic (exact) mass is 258 g/mol. The molecule has 0 fully saturated rings. The highest BCUT2D eigenvalue weighted by atomic mass is 35.5. The first kappa shape index (κ1) is 11.5. The number of rotatable bonds is 2. The van der Waals surface area contributed by atoms with E-state index in [9.17, 15) is 13.6 Å². The number of carbonyl (C=O) groups excluding carboxylic acids is 1. The highest BCUT2D eigenvalue weighted by Crippen LogP contribution is 2.11. The molecule has 2 aromatic heterocycles. The molecule has 0 aliphatic heterocycles. The number of carbonyl (C=O) groups is 1. The summed E-state index contributed by atoms with van der Waals surface area (Å²) in [7, 11) is 0. The normalized spacial score (nSPS) is 10.3. The molecule has 0 unspecified atom stereocenters. The van der Waals surface area contributed by atoms with Gasteiger partial charge in [0.2, 0.25) is 11.8 Å². The Morgan fingerprint density at radius 3 is 2.71 bits per heavy atom. The minimum Gasteiger partial charge on any atom is -0.318 e. The lowest BCUT2D eigenvalue weighted by atomic mass is 10.4. The molecular weight excluding hydrogens is 254 g/mol. The van der Waals surface area contributed by atoms with Gasteiger partial charge in [0, 0.05) is 0 Å². The molecule has 2 aromatic rings. The fourth-order valence-corrected chi connectivity index (χ4v) is 1.19. The standard InChI is InChI=1S/C9H5ClF2N4O/c10-5-2-1-4(3-13-5)14-9(17)8-15-6(11)7(12)16-8/h1-3H,(H,14,17)(H,15,16). The van der Waals surface area contributed by atoms with Gasteiger partial charge < -0.3 is 10.3 Å². The summed E-state index contributed by atoms with van der Waals surface area (Å²) in [6, 6.07) is 2.95. The molecule has 0 spiro atoms. The molecule has 2 rings (SSSR count). The van der Waals surface area contributed by atoms with Crippen LogP contribution in [0.3, 0.4) is 0 Å². The lowest BCUT2D eigenvalue weighted by Crippen LogP contribution is -2.13. The molecule has 0 bridgehead atoms. The summed E-state index contributed by atoms with van der Waals surface area (Å²) in [5, 5.41) is 2.60. The number of pyridine rings is 1. The molecule has 0 aromatic carbocycles. The Balaban J connectivity index is 2.14. The van der Waals surface area contributed by atoms with Gasteiger partial charge in [-0.15, -0.1) is 0 Å².